The van der Waals surface area contributed by atoms with Gasteiger partial charge in [-0.15, -0.1) is 0 Å². The van der Waals surface area contributed by atoms with Gasteiger partial charge in [-0.1, -0.05) is 18.2 Å². The number of ether oxygens (including phenoxy) is 2. The second-order valence-corrected chi connectivity index (χ2v) is 3.38. The smallest absolute Gasteiger partial charge is 0.125 e. The molecule has 1 aromatic rings. The Bertz CT molecular complexity index is 321. The zero-order valence-electron chi connectivity index (χ0n) is 6.86. The number of fused-ring (bicyclic) bond motifs is 3. The lowest BCUT2D eigenvalue weighted by Gasteiger charge is -2.19. The Morgan fingerprint density at radius 1 is 1.25 bits per heavy atom. The minimum Gasteiger partial charge on any atom is -0.488 e. The summed E-state index contributed by atoms with van der Waals surface area (Å²) in [6.07, 6.45) is 0.828. The van der Waals surface area contributed by atoms with Gasteiger partial charge >= 0.3 is 0 Å². The highest BCUT2D eigenvalue weighted by Crippen LogP contribution is 2.49. The van der Waals surface area contributed by atoms with Gasteiger partial charge in [0.2, 0.25) is 0 Å². The lowest BCUT2D eigenvalue weighted by atomic mass is 10.0. The first-order valence-electron chi connectivity index (χ1n) is 4.27. The zero-order chi connectivity index (χ0) is 8.13. The van der Waals surface area contributed by atoms with Crippen molar-refractivity contribution in [2.24, 2.45) is 0 Å². The maximum absolute atomic E-state index is 5.66. The second kappa shape index (κ2) is 2.02. The first-order valence-corrected chi connectivity index (χ1v) is 4.27. The Labute approximate surface area is 71.1 Å². The molecule has 0 aromatic heterocycles. The van der Waals surface area contributed by atoms with Crippen LogP contribution >= 0.6 is 0 Å². The summed E-state index contributed by atoms with van der Waals surface area (Å²) in [5.74, 6) is 0.990. The van der Waals surface area contributed by atoms with Gasteiger partial charge in [0, 0.05) is 5.56 Å². The molecule has 0 bridgehead atoms. The molecular formula is C10H10O2. The second-order valence-electron chi connectivity index (χ2n) is 3.38. The molecule has 0 amide bonds. The summed E-state index contributed by atoms with van der Waals surface area (Å²) in [7, 11) is 0. The normalized spacial score (nSPS) is 36.2. The van der Waals surface area contributed by atoms with Crippen molar-refractivity contribution in [1.82, 2.24) is 0 Å². The molecule has 1 saturated heterocycles. The van der Waals surface area contributed by atoms with E-state index in [-0.39, 0.29) is 6.10 Å². The maximum atomic E-state index is 5.66. The van der Waals surface area contributed by atoms with Gasteiger partial charge in [0.15, 0.2) is 0 Å². The largest absolute Gasteiger partial charge is 0.488 e. The third kappa shape index (κ3) is 0.730. The van der Waals surface area contributed by atoms with Crippen LogP contribution in [0.25, 0.3) is 0 Å². The molecule has 1 aromatic carbocycles. The van der Waals surface area contributed by atoms with Crippen LogP contribution < -0.4 is 4.74 Å². The zero-order valence-corrected chi connectivity index (χ0v) is 6.86. The fraction of sp³-hybridized carbons (Fsp3) is 0.400. The third-order valence-electron chi connectivity index (χ3n) is 2.53. The van der Waals surface area contributed by atoms with E-state index in [1.54, 1.807) is 0 Å². The molecule has 0 aliphatic carbocycles. The van der Waals surface area contributed by atoms with Crippen LogP contribution in [0.15, 0.2) is 24.3 Å². The molecule has 1 fully saturated rings. The fourth-order valence-corrected chi connectivity index (χ4v) is 1.82. The van der Waals surface area contributed by atoms with Crippen molar-refractivity contribution in [3.8, 4) is 5.75 Å². The predicted octanol–water partition coefficient (Wildman–Crippen LogP) is 1.91. The number of hydrogen-bond donors (Lipinski definition) is 0. The van der Waals surface area contributed by atoms with Gasteiger partial charge in [-0.2, -0.15) is 0 Å². The molecule has 3 unspecified atom stereocenters. The summed E-state index contributed by atoms with van der Waals surface area (Å²) >= 11 is 0. The maximum Gasteiger partial charge on any atom is 0.125 e. The summed E-state index contributed by atoms with van der Waals surface area (Å²) in [5, 5.41) is 0. The van der Waals surface area contributed by atoms with Crippen LogP contribution in [-0.2, 0) is 4.74 Å². The molecule has 2 heteroatoms. The Morgan fingerprint density at radius 3 is 3.00 bits per heavy atom. The van der Waals surface area contributed by atoms with Crippen molar-refractivity contribution in [2.75, 3.05) is 0 Å². The number of rotatable bonds is 0. The minimum atomic E-state index is 0.213. The van der Waals surface area contributed by atoms with E-state index in [2.05, 4.69) is 13.0 Å². The lowest BCUT2D eigenvalue weighted by molar-refractivity contribution is 0.177. The molecule has 0 spiro atoms. The van der Waals surface area contributed by atoms with E-state index in [1.165, 1.54) is 5.56 Å². The van der Waals surface area contributed by atoms with E-state index in [0.717, 1.165) is 5.75 Å². The SMILES string of the molecule is CC1Oc2ccccc2C2OC12. The highest BCUT2D eigenvalue weighted by atomic mass is 16.6. The highest BCUT2D eigenvalue weighted by molar-refractivity contribution is 5.40. The van der Waals surface area contributed by atoms with Crippen LogP contribution in [0.5, 0.6) is 5.75 Å². The van der Waals surface area contributed by atoms with Crippen molar-refractivity contribution in [1.29, 1.82) is 0 Å². The van der Waals surface area contributed by atoms with Crippen molar-refractivity contribution in [2.45, 2.75) is 25.2 Å². The number of benzene rings is 1. The van der Waals surface area contributed by atoms with E-state index in [4.69, 9.17) is 9.47 Å². The van der Waals surface area contributed by atoms with Crippen molar-refractivity contribution in [3.05, 3.63) is 29.8 Å². The van der Waals surface area contributed by atoms with Gasteiger partial charge in [0.05, 0.1) is 0 Å². The highest BCUT2D eigenvalue weighted by Gasteiger charge is 2.49. The molecule has 12 heavy (non-hydrogen) atoms. The Morgan fingerprint density at radius 2 is 2.08 bits per heavy atom. The van der Waals surface area contributed by atoms with E-state index in [9.17, 15) is 0 Å². The molecule has 2 aliphatic heterocycles. The van der Waals surface area contributed by atoms with Gasteiger partial charge in [0.25, 0.3) is 0 Å². The van der Waals surface area contributed by atoms with Crippen LogP contribution in [0.2, 0.25) is 0 Å². The first-order chi connectivity index (χ1) is 5.86. The van der Waals surface area contributed by atoms with Crippen LogP contribution in [-0.4, -0.2) is 12.2 Å². The molecule has 0 saturated carbocycles. The summed E-state index contributed by atoms with van der Waals surface area (Å²) in [6.45, 7) is 2.06. The average Bonchev–Trinajstić information content (AvgIpc) is 2.84. The van der Waals surface area contributed by atoms with Crippen LogP contribution in [0.4, 0.5) is 0 Å². The molecular weight excluding hydrogens is 152 g/mol. The third-order valence-corrected chi connectivity index (χ3v) is 2.53. The molecule has 2 nitrogen and oxygen atoms in total. The molecule has 3 atom stereocenters. The van der Waals surface area contributed by atoms with E-state index in [0.29, 0.717) is 12.2 Å². The van der Waals surface area contributed by atoms with E-state index in [1.807, 2.05) is 18.2 Å². The quantitative estimate of drug-likeness (QED) is 0.543. The Kier molecular flexibility index (Phi) is 1.09. The summed E-state index contributed by atoms with van der Waals surface area (Å²) < 4.78 is 11.2. The van der Waals surface area contributed by atoms with E-state index >= 15 is 0 Å². The van der Waals surface area contributed by atoms with Gasteiger partial charge in [-0.3, -0.25) is 0 Å². The Hall–Kier alpha value is -1.02. The topological polar surface area (TPSA) is 21.8 Å². The monoisotopic (exact) mass is 162 g/mol. The molecule has 2 aliphatic rings. The van der Waals surface area contributed by atoms with Gasteiger partial charge in [0.1, 0.15) is 24.1 Å². The number of hydrogen-bond acceptors (Lipinski definition) is 2. The number of para-hydroxylation sites is 1. The van der Waals surface area contributed by atoms with Crippen molar-refractivity contribution in [3.63, 3.8) is 0 Å². The van der Waals surface area contributed by atoms with Crippen LogP contribution in [0.3, 0.4) is 0 Å². The van der Waals surface area contributed by atoms with Crippen LogP contribution in [0, 0.1) is 0 Å². The number of epoxide rings is 1. The standard InChI is InChI=1S/C10H10O2/c1-6-9-10(12-9)7-4-2-3-5-8(7)11-6/h2-6,9-10H,1H3. The van der Waals surface area contributed by atoms with Gasteiger partial charge < -0.3 is 9.47 Å². The molecule has 62 valence electrons. The van der Waals surface area contributed by atoms with Gasteiger partial charge in [-0.05, 0) is 13.0 Å². The average molecular weight is 162 g/mol. The van der Waals surface area contributed by atoms with Crippen LogP contribution in [0.1, 0.15) is 18.6 Å². The van der Waals surface area contributed by atoms with Crippen molar-refractivity contribution >= 4 is 0 Å². The lowest BCUT2D eigenvalue weighted by Crippen LogP contribution is -2.23. The fourth-order valence-electron chi connectivity index (χ4n) is 1.82. The Balaban J connectivity index is 2.10. The minimum absolute atomic E-state index is 0.213. The summed E-state index contributed by atoms with van der Waals surface area (Å²) in [6, 6.07) is 8.10. The van der Waals surface area contributed by atoms with E-state index < -0.39 is 0 Å². The van der Waals surface area contributed by atoms with Crippen molar-refractivity contribution < 1.29 is 9.47 Å². The molecule has 0 N–H and O–H groups in total. The summed E-state index contributed by atoms with van der Waals surface area (Å²) in [5.41, 5.74) is 1.21. The molecule has 0 radical (unpaired) electrons. The molecule has 3 rings (SSSR count). The van der Waals surface area contributed by atoms with Gasteiger partial charge in [-0.25, -0.2) is 0 Å². The predicted molar refractivity (Wildman–Crippen MR) is 44.1 cm³/mol. The molecule has 2 heterocycles. The summed E-state index contributed by atoms with van der Waals surface area (Å²) in [4.78, 5) is 0. The first kappa shape index (κ1) is 6.49.